The molecule has 0 unspecified atom stereocenters. The van der Waals surface area contributed by atoms with Gasteiger partial charge in [-0.3, -0.25) is 29.5 Å². The smallest absolute Gasteiger partial charge is 0.333 e. The van der Waals surface area contributed by atoms with E-state index in [1.54, 1.807) is 18.0 Å². The molecule has 1 atom stereocenters. The first-order chi connectivity index (χ1) is 12.2. The first-order valence-corrected chi connectivity index (χ1v) is 8.35. The predicted octanol–water partition coefficient (Wildman–Crippen LogP) is 1.40. The highest BCUT2D eigenvalue weighted by Crippen LogP contribution is 2.42. The summed E-state index contributed by atoms with van der Waals surface area (Å²) in [6, 6.07) is 3.79. The van der Waals surface area contributed by atoms with Crippen molar-refractivity contribution in [2.45, 2.75) is 19.8 Å². The van der Waals surface area contributed by atoms with E-state index in [0.717, 1.165) is 15.5 Å². The Balaban J connectivity index is 2.10. The summed E-state index contributed by atoms with van der Waals surface area (Å²) < 4.78 is 0. The summed E-state index contributed by atoms with van der Waals surface area (Å²) in [5.41, 5.74) is -0.258. The van der Waals surface area contributed by atoms with E-state index < -0.39 is 28.2 Å². The molecule has 26 heavy (non-hydrogen) atoms. The zero-order valence-electron chi connectivity index (χ0n) is 14.9. The molecule has 1 spiro atoms. The number of carbonyl (C=O) groups is 3. The second-order valence-corrected chi connectivity index (χ2v) is 6.79. The van der Waals surface area contributed by atoms with Crippen LogP contribution in [0.15, 0.2) is 18.2 Å². The monoisotopic (exact) mass is 360 g/mol. The van der Waals surface area contributed by atoms with Crippen molar-refractivity contribution in [2.75, 3.05) is 32.1 Å². The molecular formula is C17H20N4O5. The highest BCUT2D eigenvalue weighted by atomic mass is 16.6. The fourth-order valence-corrected chi connectivity index (χ4v) is 3.80. The second kappa shape index (κ2) is 6.08. The zero-order chi connectivity index (χ0) is 19.2. The van der Waals surface area contributed by atoms with Crippen LogP contribution in [0.2, 0.25) is 0 Å². The van der Waals surface area contributed by atoms with Gasteiger partial charge >= 0.3 is 6.03 Å². The Morgan fingerprint density at radius 1 is 1.19 bits per heavy atom. The first-order valence-electron chi connectivity index (χ1n) is 8.35. The summed E-state index contributed by atoms with van der Waals surface area (Å²) in [5.74, 6) is -1.10. The summed E-state index contributed by atoms with van der Waals surface area (Å²) in [5, 5.41) is 11.1. The average Bonchev–Trinajstić information content (AvgIpc) is 2.62. The average molecular weight is 360 g/mol. The molecule has 9 nitrogen and oxygen atoms in total. The van der Waals surface area contributed by atoms with E-state index in [1.165, 1.54) is 19.2 Å². The van der Waals surface area contributed by atoms with Crippen LogP contribution in [-0.4, -0.2) is 59.8 Å². The van der Waals surface area contributed by atoms with Gasteiger partial charge in [-0.15, -0.1) is 0 Å². The van der Waals surface area contributed by atoms with Crippen LogP contribution in [0, 0.1) is 15.5 Å². The number of nitrogens with zero attached hydrogens (tertiary/aromatic N) is 4. The van der Waals surface area contributed by atoms with Gasteiger partial charge in [-0.05, 0) is 24.5 Å². The van der Waals surface area contributed by atoms with Crippen molar-refractivity contribution in [1.29, 1.82) is 0 Å². The van der Waals surface area contributed by atoms with Gasteiger partial charge in [0.25, 0.3) is 5.69 Å². The highest BCUT2D eigenvalue weighted by Gasteiger charge is 2.58. The zero-order valence-corrected chi connectivity index (χ0v) is 14.9. The van der Waals surface area contributed by atoms with Gasteiger partial charge in [0.05, 0.1) is 4.92 Å². The number of amides is 4. The van der Waals surface area contributed by atoms with Crippen LogP contribution in [0.5, 0.6) is 0 Å². The van der Waals surface area contributed by atoms with Gasteiger partial charge in [0.2, 0.25) is 11.8 Å². The standard InChI is InChI=1S/C17H20N4O5/c1-4-7-20-15(23)17(14(22)19(3)16(20)24)9-11-8-12(21(25)26)5-6-13(11)18(2)10-17/h5-6,8H,4,7,9-10H2,1-3H3/t17-/m0/s1. The molecular weight excluding hydrogens is 340 g/mol. The van der Waals surface area contributed by atoms with Gasteiger partial charge < -0.3 is 4.90 Å². The van der Waals surface area contributed by atoms with Crippen LogP contribution in [0.3, 0.4) is 0 Å². The topological polar surface area (TPSA) is 104 Å². The highest BCUT2D eigenvalue weighted by molar-refractivity contribution is 6.19. The van der Waals surface area contributed by atoms with Crippen molar-refractivity contribution in [1.82, 2.24) is 9.80 Å². The van der Waals surface area contributed by atoms with Crippen molar-refractivity contribution >= 4 is 29.2 Å². The Kier molecular flexibility index (Phi) is 4.17. The largest absolute Gasteiger partial charge is 0.373 e. The molecule has 1 fully saturated rings. The number of nitro groups is 1. The predicted molar refractivity (Wildman–Crippen MR) is 92.7 cm³/mol. The van der Waals surface area contributed by atoms with E-state index >= 15 is 0 Å². The Morgan fingerprint density at radius 2 is 1.88 bits per heavy atom. The number of barbiturate groups is 1. The van der Waals surface area contributed by atoms with Crippen molar-refractivity contribution in [3.63, 3.8) is 0 Å². The molecule has 1 aromatic rings. The second-order valence-electron chi connectivity index (χ2n) is 6.79. The van der Waals surface area contributed by atoms with Crippen molar-refractivity contribution < 1.29 is 19.3 Å². The minimum absolute atomic E-state index is 0.0316. The Bertz CT molecular complexity index is 823. The summed E-state index contributed by atoms with van der Waals surface area (Å²) in [6.07, 6.45) is 0.608. The van der Waals surface area contributed by atoms with E-state index in [9.17, 15) is 24.5 Å². The minimum Gasteiger partial charge on any atom is -0.373 e. The number of hydrogen-bond donors (Lipinski definition) is 0. The Morgan fingerprint density at radius 3 is 2.50 bits per heavy atom. The molecule has 2 aliphatic heterocycles. The lowest BCUT2D eigenvalue weighted by Crippen LogP contribution is -2.68. The maximum atomic E-state index is 13.1. The maximum Gasteiger partial charge on any atom is 0.333 e. The van der Waals surface area contributed by atoms with Crippen LogP contribution in [-0.2, 0) is 16.0 Å². The lowest BCUT2D eigenvalue weighted by molar-refractivity contribution is -0.384. The Hall–Kier alpha value is -2.97. The lowest BCUT2D eigenvalue weighted by atomic mass is 9.74. The summed E-state index contributed by atoms with van der Waals surface area (Å²) in [6.45, 7) is 2.19. The number of hydrogen-bond acceptors (Lipinski definition) is 6. The quantitative estimate of drug-likeness (QED) is 0.458. The molecule has 1 saturated heterocycles. The summed E-state index contributed by atoms with van der Waals surface area (Å²) >= 11 is 0. The normalized spacial score (nSPS) is 22.9. The molecule has 0 aromatic heterocycles. The molecule has 9 heteroatoms. The molecule has 0 N–H and O–H groups in total. The third-order valence-electron chi connectivity index (χ3n) is 5.02. The van der Waals surface area contributed by atoms with Crippen LogP contribution in [0.25, 0.3) is 0 Å². The van der Waals surface area contributed by atoms with E-state index in [1.807, 2.05) is 6.92 Å². The Labute approximate surface area is 150 Å². The summed E-state index contributed by atoms with van der Waals surface area (Å²) in [4.78, 5) is 52.8. The number of benzene rings is 1. The molecule has 2 heterocycles. The van der Waals surface area contributed by atoms with Crippen LogP contribution >= 0.6 is 0 Å². The maximum absolute atomic E-state index is 13.1. The van der Waals surface area contributed by atoms with Gasteiger partial charge in [0.15, 0.2) is 5.41 Å². The molecule has 0 saturated carbocycles. The molecule has 0 bridgehead atoms. The third-order valence-corrected chi connectivity index (χ3v) is 5.02. The van der Waals surface area contributed by atoms with Gasteiger partial charge in [-0.2, -0.15) is 0 Å². The molecule has 3 rings (SSSR count). The number of fused-ring (bicyclic) bond motifs is 1. The minimum atomic E-state index is -1.45. The number of carbonyl (C=O) groups excluding carboxylic acids is 3. The van der Waals surface area contributed by atoms with E-state index in [2.05, 4.69) is 0 Å². The number of urea groups is 1. The molecule has 0 radical (unpaired) electrons. The molecule has 1 aromatic carbocycles. The van der Waals surface area contributed by atoms with Crippen LogP contribution in [0.1, 0.15) is 18.9 Å². The SMILES string of the molecule is CCCN1C(=O)N(C)C(=O)[C@@]2(Cc3cc([N+](=O)[O-])ccc3N(C)C2)C1=O. The van der Waals surface area contributed by atoms with Crippen LogP contribution < -0.4 is 4.90 Å². The number of imide groups is 2. The lowest BCUT2D eigenvalue weighted by Gasteiger charge is -2.47. The van der Waals surface area contributed by atoms with E-state index in [-0.39, 0.29) is 25.2 Å². The van der Waals surface area contributed by atoms with Gasteiger partial charge in [0, 0.05) is 45.0 Å². The molecule has 4 amide bonds. The van der Waals surface area contributed by atoms with Crippen molar-refractivity contribution in [2.24, 2.45) is 5.41 Å². The van der Waals surface area contributed by atoms with Crippen molar-refractivity contribution in [3.8, 4) is 0 Å². The van der Waals surface area contributed by atoms with Gasteiger partial charge in [-0.1, -0.05) is 6.92 Å². The third kappa shape index (κ3) is 2.42. The molecule has 0 aliphatic carbocycles. The first kappa shape index (κ1) is 17.8. The molecule has 138 valence electrons. The van der Waals surface area contributed by atoms with Crippen LogP contribution in [0.4, 0.5) is 16.2 Å². The van der Waals surface area contributed by atoms with Crippen molar-refractivity contribution in [3.05, 3.63) is 33.9 Å². The fourth-order valence-electron chi connectivity index (χ4n) is 3.80. The summed E-state index contributed by atoms with van der Waals surface area (Å²) in [7, 11) is 3.09. The number of non-ortho nitro benzene ring substituents is 1. The number of anilines is 1. The number of nitro benzene ring substituents is 1. The van der Waals surface area contributed by atoms with E-state index in [4.69, 9.17) is 0 Å². The van der Waals surface area contributed by atoms with E-state index in [0.29, 0.717) is 12.0 Å². The number of rotatable bonds is 3. The van der Waals surface area contributed by atoms with Gasteiger partial charge in [-0.25, -0.2) is 4.79 Å². The fraction of sp³-hybridized carbons (Fsp3) is 0.471. The molecule has 2 aliphatic rings. The van der Waals surface area contributed by atoms with Gasteiger partial charge in [0.1, 0.15) is 0 Å².